The predicted octanol–water partition coefficient (Wildman–Crippen LogP) is 1.10. The molecule has 1 amide bonds. The van der Waals surface area contributed by atoms with Crippen LogP contribution in [0.4, 0.5) is 0 Å². The fraction of sp³-hybridized carbons (Fsp3) is 0.529. The molecule has 0 spiro atoms. The molecule has 1 aromatic rings. The number of hydrogen-bond donors (Lipinski definition) is 4. The van der Waals surface area contributed by atoms with Crippen LogP contribution in [0.2, 0.25) is 0 Å². The predicted molar refractivity (Wildman–Crippen MR) is 87.5 cm³/mol. The highest BCUT2D eigenvalue weighted by Gasteiger charge is 2.16. The summed E-state index contributed by atoms with van der Waals surface area (Å²) in [6.07, 6.45) is 1.17. The number of rotatable bonds is 10. The molecule has 7 heteroatoms. The lowest BCUT2D eigenvalue weighted by Gasteiger charge is -2.15. The molecule has 0 saturated carbocycles. The fourth-order valence-electron chi connectivity index (χ4n) is 2.27. The zero-order valence-corrected chi connectivity index (χ0v) is 13.8. The minimum absolute atomic E-state index is 0.0452. The summed E-state index contributed by atoms with van der Waals surface area (Å²) in [6, 6.07) is 4.22. The van der Waals surface area contributed by atoms with Gasteiger partial charge in [0.15, 0.2) is 0 Å². The molecule has 0 radical (unpaired) electrons. The average Bonchev–Trinajstić information content (AvgIpc) is 2.53. The molecule has 1 atom stereocenters. The number of phenolic OH excluding ortho intramolecular Hbond substituents is 2. The molecule has 1 rings (SSSR count). The van der Waals surface area contributed by atoms with Crippen LogP contribution in [0, 0.1) is 5.92 Å². The van der Waals surface area contributed by atoms with E-state index in [0.717, 1.165) is 0 Å². The van der Waals surface area contributed by atoms with Gasteiger partial charge in [0.2, 0.25) is 5.91 Å². The molecular weight excluding hydrogens is 314 g/mol. The Morgan fingerprint density at radius 3 is 2.67 bits per heavy atom. The molecule has 0 aliphatic rings. The van der Waals surface area contributed by atoms with Crippen molar-refractivity contribution in [2.45, 2.75) is 32.6 Å². The highest BCUT2D eigenvalue weighted by Crippen LogP contribution is 2.25. The number of hydrogen-bond acceptors (Lipinski definition) is 6. The van der Waals surface area contributed by atoms with Crippen LogP contribution in [-0.2, 0) is 20.7 Å². The van der Waals surface area contributed by atoms with Crippen molar-refractivity contribution in [3.63, 3.8) is 0 Å². The van der Waals surface area contributed by atoms with Crippen molar-refractivity contribution in [2.75, 3.05) is 19.8 Å². The first-order valence-electron chi connectivity index (χ1n) is 8.00. The Balaban J connectivity index is 2.36. The third-order valence-electron chi connectivity index (χ3n) is 3.49. The van der Waals surface area contributed by atoms with E-state index >= 15 is 0 Å². The zero-order valence-electron chi connectivity index (χ0n) is 13.8. The van der Waals surface area contributed by atoms with Crippen molar-refractivity contribution in [1.82, 2.24) is 5.32 Å². The van der Waals surface area contributed by atoms with Gasteiger partial charge in [-0.25, -0.2) is 0 Å². The molecule has 0 aromatic heterocycles. The van der Waals surface area contributed by atoms with Gasteiger partial charge in [0, 0.05) is 32.1 Å². The van der Waals surface area contributed by atoms with Crippen LogP contribution in [0.3, 0.4) is 0 Å². The average molecular weight is 339 g/mol. The second-order valence-electron chi connectivity index (χ2n) is 5.53. The molecule has 0 saturated heterocycles. The van der Waals surface area contributed by atoms with Crippen LogP contribution in [0.15, 0.2) is 18.2 Å². The number of amides is 1. The van der Waals surface area contributed by atoms with Crippen LogP contribution in [-0.4, -0.2) is 47.0 Å². The second kappa shape index (κ2) is 10.5. The first-order valence-corrected chi connectivity index (χ1v) is 8.00. The Labute approximate surface area is 141 Å². The summed E-state index contributed by atoms with van der Waals surface area (Å²) in [7, 11) is 0. The standard InChI is InChI=1S/C17H25NO6/c1-2-24-17(23)4-3-7-18-16(22)9-12(11-19)8-13-5-6-14(20)10-15(13)21/h5-6,10,12,19-21H,2-4,7-9,11H2,1H3,(H,18,22). The Morgan fingerprint density at radius 2 is 2.04 bits per heavy atom. The number of aliphatic hydroxyl groups excluding tert-OH is 1. The summed E-state index contributed by atoms with van der Waals surface area (Å²) in [5.74, 6) is -0.969. The summed E-state index contributed by atoms with van der Waals surface area (Å²) in [5, 5.41) is 31.1. The minimum atomic E-state index is -0.342. The Kier molecular flexibility index (Phi) is 8.64. The number of carbonyl (C=O) groups excluding carboxylic acids is 2. The molecular formula is C17H25NO6. The quantitative estimate of drug-likeness (QED) is 0.375. The number of carbonyl (C=O) groups is 2. The highest BCUT2D eigenvalue weighted by atomic mass is 16.5. The van der Waals surface area contributed by atoms with E-state index in [1.54, 1.807) is 13.0 Å². The topological polar surface area (TPSA) is 116 Å². The maximum atomic E-state index is 11.9. The van der Waals surface area contributed by atoms with Gasteiger partial charge in [0.05, 0.1) is 6.61 Å². The lowest BCUT2D eigenvalue weighted by Crippen LogP contribution is -2.28. The molecule has 0 aliphatic carbocycles. The van der Waals surface area contributed by atoms with Gasteiger partial charge in [-0.05, 0) is 37.3 Å². The first kappa shape index (κ1) is 19.8. The summed E-state index contributed by atoms with van der Waals surface area (Å²) in [5.41, 5.74) is 0.557. The van der Waals surface area contributed by atoms with Crippen LogP contribution >= 0.6 is 0 Å². The Hall–Kier alpha value is -2.28. The summed E-state index contributed by atoms with van der Waals surface area (Å²) >= 11 is 0. The molecule has 0 heterocycles. The molecule has 4 N–H and O–H groups in total. The zero-order chi connectivity index (χ0) is 17.9. The maximum absolute atomic E-state index is 11.9. The van der Waals surface area contributed by atoms with Crippen molar-refractivity contribution in [1.29, 1.82) is 0 Å². The molecule has 7 nitrogen and oxygen atoms in total. The van der Waals surface area contributed by atoms with Gasteiger partial charge in [0.25, 0.3) is 0 Å². The van der Waals surface area contributed by atoms with Crippen molar-refractivity contribution >= 4 is 11.9 Å². The van der Waals surface area contributed by atoms with E-state index in [2.05, 4.69) is 5.32 Å². The van der Waals surface area contributed by atoms with Gasteiger partial charge < -0.3 is 25.4 Å². The number of esters is 1. The third kappa shape index (κ3) is 7.32. The normalized spacial score (nSPS) is 11.8. The number of ether oxygens (including phenoxy) is 1. The minimum Gasteiger partial charge on any atom is -0.508 e. The summed E-state index contributed by atoms with van der Waals surface area (Å²) < 4.78 is 4.79. The summed E-state index contributed by atoms with van der Waals surface area (Å²) in [6.45, 7) is 2.24. The highest BCUT2D eigenvalue weighted by molar-refractivity contribution is 5.76. The van der Waals surface area contributed by atoms with E-state index in [-0.39, 0.29) is 48.7 Å². The van der Waals surface area contributed by atoms with Crippen molar-refractivity contribution in [2.24, 2.45) is 5.92 Å². The van der Waals surface area contributed by atoms with E-state index in [9.17, 15) is 24.9 Å². The van der Waals surface area contributed by atoms with Crippen molar-refractivity contribution < 1.29 is 29.6 Å². The van der Waals surface area contributed by atoms with E-state index in [1.807, 2.05) is 0 Å². The largest absolute Gasteiger partial charge is 0.508 e. The van der Waals surface area contributed by atoms with Crippen LogP contribution in [0.25, 0.3) is 0 Å². The van der Waals surface area contributed by atoms with Gasteiger partial charge in [0.1, 0.15) is 11.5 Å². The molecule has 1 unspecified atom stereocenters. The van der Waals surface area contributed by atoms with E-state index < -0.39 is 0 Å². The molecule has 0 aliphatic heterocycles. The summed E-state index contributed by atoms with van der Waals surface area (Å²) in [4.78, 5) is 23.0. The Morgan fingerprint density at radius 1 is 1.29 bits per heavy atom. The van der Waals surface area contributed by atoms with E-state index in [1.165, 1.54) is 12.1 Å². The van der Waals surface area contributed by atoms with Gasteiger partial charge in [-0.15, -0.1) is 0 Å². The smallest absolute Gasteiger partial charge is 0.305 e. The number of benzene rings is 1. The van der Waals surface area contributed by atoms with Crippen LogP contribution < -0.4 is 5.32 Å². The number of aliphatic hydroxyl groups is 1. The monoisotopic (exact) mass is 339 g/mol. The van der Waals surface area contributed by atoms with Crippen molar-refractivity contribution in [3.05, 3.63) is 23.8 Å². The lowest BCUT2D eigenvalue weighted by atomic mass is 9.96. The third-order valence-corrected chi connectivity index (χ3v) is 3.49. The molecule has 134 valence electrons. The second-order valence-corrected chi connectivity index (χ2v) is 5.53. The van der Waals surface area contributed by atoms with E-state index in [0.29, 0.717) is 31.6 Å². The van der Waals surface area contributed by atoms with Gasteiger partial charge >= 0.3 is 5.97 Å². The molecule has 0 bridgehead atoms. The lowest BCUT2D eigenvalue weighted by molar-refractivity contribution is -0.143. The number of aromatic hydroxyl groups is 2. The molecule has 1 aromatic carbocycles. The SMILES string of the molecule is CCOC(=O)CCCNC(=O)CC(CO)Cc1ccc(O)cc1O. The number of nitrogens with one attached hydrogen (secondary N) is 1. The Bertz CT molecular complexity index is 546. The maximum Gasteiger partial charge on any atom is 0.305 e. The first-order chi connectivity index (χ1) is 11.5. The fourth-order valence-corrected chi connectivity index (χ4v) is 2.27. The molecule has 24 heavy (non-hydrogen) atoms. The number of phenols is 2. The van der Waals surface area contributed by atoms with Gasteiger partial charge in [-0.2, -0.15) is 0 Å². The van der Waals surface area contributed by atoms with Crippen LogP contribution in [0.1, 0.15) is 31.7 Å². The molecule has 0 fully saturated rings. The van der Waals surface area contributed by atoms with Crippen LogP contribution in [0.5, 0.6) is 11.5 Å². The van der Waals surface area contributed by atoms with Crippen molar-refractivity contribution in [3.8, 4) is 11.5 Å². The van der Waals surface area contributed by atoms with Gasteiger partial charge in [-0.3, -0.25) is 9.59 Å². The van der Waals surface area contributed by atoms with Gasteiger partial charge in [-0.1, -0.05) is 6.07 Å². The van der Waals surface area contributed by atoms with E-state index in [4.69, 9.17) is 4.74 Å².